The largest absolute Gasteiger partial charge is 0.373 e. The number of ketones is 1. The monoisotopic (exact) mass is 192 g/mol. The number of carbonyl (C=O) groups excluding carboxylic acids is 1. The fourth-order valence-corrected chi connectivity index (χ4v) is 1.37. The molecule has 1 N–H and O–H groups in total. The van der Waals surface area contributed by atoms with Gasteiger partial charge in [0.1, 0.15) is 11.5 Å². The third kappa shape index (κ3) is 2.31. The van der Waals surface area contributed by atoms with E-state index in [0.29, 0.717) is 5.69 Å². The van der Waals surface area contributed by atoms with Crippen molar-refractivity contribution >= 4 is 11.6 Å². The van der Waals surface area contributed by atoms with Crippen molar-refractivity contribution in [2.75, 3.05) is 12.4 Å². The standard InChI is InChI=1S/C11H16N2O/c1-4-5-9-6-7-10(8(2)14)13-11(9)12-3/h6-7H,4-5H2,1-3H3,(H,12,13). The van der Waals surface area contributed by atoms with E-state index in [-0.39, 0.29) is 5.78 Å². The first-order valence-electron chi connectivity index (χ1n) is 4.87. The zero-order valence-corrected chi connectivity index (χ0v) is 8.92. The van der Waals surface area contributed by atoms with E-state index in [0.717, 1.165) is 18.7 Å². The van der Waals surface area contributed by atoms with Gasteiger partial charge in [-0.3, -0.25) is 4.79 Å². The van der Waals surface area contributed by atoms with Crippen LogP contribution in [0.4, 0.5) is 5.82 Å². The molecule has 76 valence electrons. The summed E-state index contributed by atoms with van der Waals surface area (Å²) in [5.74, 6) is 0.823. The van der Waals surface area contributed by atoms with E-state index in [2.05, 4.69) is 17.2 Å². The highest BCUT2D eigenvalue weighted by molar-refractivity contribution is 5.92. The van der Waals surface area contributed by atoms with Gasteiger partial charge in [-0.05, 0) is 18.1 Å². The maximum absolute atomic E-state index is 11.1. The Kier molecular flexibility index (Phi) is 3.63. The van der Waals surface area contributed by atoms with Gasteiger partial charge in [0.2, 0.25) is 0 Å². The molecular formula is C11H16N2O. The Balaban J connectivity index is 3.04. The Bertz CT molecular complexity index is 334. The minimum absolute atomic E-state index is 0.00421. The van der Waals surface area contributed by atoms with Gasteiger partial charge in [0, 0.05) is 14.0 Å². The van der Waals surface area contributed by atoms with Crippen LogP contribution in [0.2, 0.25) is 0 Å². The minimum Gasteiger partial charge on any atom is -0.373 e. The highest BCUT2D eigenvalue weighted by Gasteiger charge is 2.06. The predicted molar refractivity (Wildman–Crippen MR) is 57.8 cm³/mol. The molecular weight excluding hydrogens is 176 g/mol. The van der Waals surface area contributed by atoms with Crippen LogP contribution in [0.15, 0.2) is 12.1 Å². The van der Waals surface area contributed by atoms with Crippen LogP contribution >= 0.6 is 0 Å². The van der Waals surface area contributed by atoms with E-state index < -0.39 is 0 Å². The first-order valence-corrected chi connectivity index (χ1v) is 4.87. The number of carbonyl (C=O) groups is 1. The van der Waals surface area contributed by atoms with Crippen LogP contribution in [0, 0.1) is 0 Å². The molecule has 1 heterocycles. The van der Waals surface area contributed by atoms with Gasteiger partial charge < -0.3 is 5.32 Å². The van der Waals surface area contributed by atoms with Crippen molar-refractivity contribution in [1.82, 2.24) is 4.98 Å². The number of aryl methyl sites for hydroxylation is 1. The molecule has 1 rings (SSSR count). The Hall–Kier alpha value is -1.38. The second-order valence-electron chi connectivity index (χ2n) is 3.26. The fourth-order valence-electron chi connectivity index (χ4n) is 1.37. The summed E-state index contributed by atoms with van der Waals surface area (Å²) in [4.78, 5) is 15.3. The number of Topliss-reactive ketones (excluding diaryl/α,β-unsaturated/α-hetero) is 1. The molecule has 0 saturated carbocycles. The van der Waals surface area contributed by atoms with Crippen molar-refractivity contribution in [1.29, 1.82) is 0 Å². The molecule has 0 aliphatic carbocycles. The second kappa shape index (κ2) is 4.74. The van der Waals surface area contributed by atoms with E-state index in [1.807, 2.05) is 13.1 Å². The number of nitrogens with one attached hydrogen (secondary N) is 1. The highest BCUT2D eigenvalue weighted by atomic mass is 16.1. The SMILES string of the molecule is CCCc1ccc(C(C)=O)nc1NC. The first-order chi connectivity index (χ1) is 6.69. The molecule has 0 fully saturated rings. The fraction of sp³-hybridized carbons (Fsp3) is 0.455. The summed E-state index contributed by atoms with van der Waals surface area (Å²) < 4.78 is 0. The van der Waals surface area contributed by atoms with Crippen LogP contribution in [0.3, 0.4) is 0 Å². The van der Waals surface area contributed by atoms with Crippen molar-refractivity contribution in [2.45, 2.75) is 26.7 Å². The molecule has 0 spiro atoms. The lowest BCUT2D eigenvalue weighted by Crippen LogP contribution is -2.04. The highest BCUT2D eigenvalue weighted by Crippen LogP contribution is 2.15. The molecule has 3 heteroatoms. The van der Waals surface area contributed by atoms with Crippen LogP contribution in [0.1, 0.15) is 36.3 Å². The number of aromatic nitrogens is 1. The van der Waals surface area contributed by atoms with E-state index in [4.69, 9.17) is 0 Å². The van der Waals surface area contributed by atoms with Gasteiger partial charge in [-0.25, -0.2) is 4.98 Å². The predicted octanol–water partition coefficient (Wildman–Crippen LogP) is 2.28. The molecule has 0 aliphatic heterocycles. The van der Waals surface area contributed by atoms with E-state index in [1.165, 1.54) is 12.5 Å². The summed E-state index contributed by atoms with van der Waals surface area (Å²) in [6, 6.07) is 3.76. The van der Waals surface area contributed by atoms with Crippen molar-refractivity contribution < 1.29 is 4.79 Å². The summed E-state index contributed by atoms with van der Waals surface area (Å²) in [6.45, 7) is 3.65. The normalized spacial score (nSPS) is 9.93. The molecule has 1 aromatic heterocycles. The summed E-state index contributed by atoms with van der Waals surface area (Å²) in [6.07, 6.45) is 2.07. The number of rotatable bonds is 4. The quantitative estimate of drug-likeness (QED) is 0.744. The molecule has 0 saturated heterocycles. The lowest BCUT2D eigenvalue weighted by Gasteiger charge is -2.07. The Morgan fingerprint density at radius 3 is 2.71 bits per heavy atom. The summed E-state index contributed by atoms with van der Waals surface area (Å²) >= 11 is 0. The van der Waals surface area contributed by atoms with Crippen molar-refractivity contribution in [3.8, 4) is 0 Å². The zero-order chi connectivity index (χ0) is 10.6. The van der Waals surface area contributed by atoms with Gasteiger partial charge in [0.25, 0.3) is 0 Å². The van der Waals surface area contributed by atoms with Gasteiger partial charge >= 0.3 is 0 Å². The number of anilines is 1. The lowest BCUT2D eigenvalue weighted by molar-refractivity contribution is 0.101. The first kappa shape index (κ1) is 10.7. The number of hydrogen-bond acceptors (Lipinski definition) is 3. The molecule has 0 bridgehead atoms. The maximum Gasteiger partial charge on any atom is 0.178 e. The Morgan fingerprint density at radius 1 is 1.50 bits per heavy atom. The molecule has 3 nitrogen and oxygen atoms in total. The van der Waals surface area contributed by atoms with Crippen molar-refractivity contribution in [3.63, 3.8) is 0 Å². The van der Waals surface area contributed by atoms with Gasteiger partial charge in [-0.1, -0.05) is 19.4 Å². The Morgan fingerprint density at radius 2 is 2.21 bits per heavy atom. The zero-order valence-electron chi connectivity index (χ0n) is 8.92. The maximum atomic E-state index is 11.1. The third-order valence-electron chi connectivity index (χ3n) is 2.10. The van der Waals surface area contributed by atoms with Crippen molar-refractivity contribution in [2.24, 2.45) is 0 Å². The molecule has 0 unspecified atom stereocenters. The van der Waals surface area contributed by atoms with Crippen LogP contribution in [0.25, 0.3) is 0 Å². The van der Waals surface area contributed by atoms with Gasteiger partial charge in [0.05, 0.1) is 0 Å². The third-order valence-corrected chi connectivity index (χ3v) is 2.10. The Labute approximate surface area is 84.6 Å². The summed E-state index contributed by atoms with van der Waals surface area (Å²) in [5.41, 5.74) is 1.69. The summed E-state index contributed by atoms with van der Waals surface area (Å²) in [5, 5.41) is 3.01. The molecule has 0 aliphatic rings. The van der Waals surface area contributed by atoms with Gasteiger partial charge in [-0.15, -0.1) is 0 Å². The number of hydrogen-bond donors (Lipinski definition) is 1. The average Bonchev–Trinajstić information content (AvgIpc) is 2.18. The molecule has 0 aromatic carbocycles. The van der Waals surface area contributed by atoms with Gasteiger partial charge in [0.15, 0.2) is 5.78 Å². The number of pyridine rings is 1. The van der Waals surface area contributed by atoms with Crippen LogP contribution in [0.5, 0.6) is 0 Å². The second-order valence-corrected chi connectivity index (χ2v) is 3.26. The molecule has 0 radical (unpaired) electrons. The van der Waals surface area contributed by atoms with E-state index in [1.54, 1.807) is 6.07 Å². The molecule has 0 amide bonds. The minimum atomic E-state index is 0.00421. The van der Waals surface area contributed by atoms with E-state index in [9.17, 15) is 4.79 Å². The van der Waals surface area contributed by atoms with Crippen LogP contribution in [-0.2, 0) is 6.42 Å². The smallest absolute Gasteiger partial charge is 0.178 e. The van der Waals surface area contributed by atoms with Gasteiger partial charge in [-0.2, -0.15) is 0 Å². The molecule has 0 atom stereocenters. The lowest BCUT2D eigenvalue weighted by atomic mass is 10.1. The number of nitrogens with zero attached hydrogens (tertiary/aromatic N) is 1. The van der Waals surface area contributed by atoms with E-state index >= 15 is 0 Å². The summed E-state index contributed by atoms with van der Waals surface area (Å²) in [7, 11) is 1.82. The van der Waals surface area contributed by atoms with Crippen LogP contribution < -0.4 is 5.32 Å². The molecule has 1 aromatic rings. The van der Waals surface area contributed by atoms with Crippen molar-refractivity contribution in [3.05, 3.63) is 23.4 Å². The van der Waals surface area contributed by atoms with Crippen LogP contribution in [-0.4, -0.2) is 17.8 Å². The molecule has 14 heavy (non-hydrogen) atoms. The topological polar surface area (TPSA) is 42.0 Å². The average molecular weight is 192 g/mol.